The molecule has 2 rings (SSSR count). The van der Waals surface area contributed by atoms with Gasteiger partial charge in [0.05, 0.1) is 19.3 Å². The molecule has 1 saturated heterocycles. The molecule has 1 aromatic heterocycles. The van der Waals surface area contributed by atoms with Gasteiger partial charge >= 0.3 is 5.97 Å². The number of aromatic nitrogens is 1. The van der Waals surface area contributed by atoms with Crippen molar-refractivity contribution in [2.24, 2.45) is 13.0 Å². The first-order valence-corrected chi connectivity index (χ1v) is 6.13. The van der Waals surface area contributed by atoms with Crippen LogP contribution in [0.5, 0.6) is 0 Å². The van der Waals surface area contributed by atoms with E-state index < -0.39 is 17.9 Å². The van der Waals surface area contributed by atoms with Crippen LogP contribution < -0.4 is 0 Å². The summed E-state index contributed by atoms with van der Waals surface area (Å²) in [7, 11) is 3.44. The number of hydrogen-bond donors (Lipinski definition) is 1. The second kappa shape index (κ2) is 5.05. The lowest BCUT2D eigenvalue weighted by molar-refractivity contribution is -0.142. The Bertz CT molecular complexity index is 509. The highest BCUT2D eigenvalue weighted by Crippen LogP contribution is 2.21. The number of hydrogen-bond acceptors (Lipinski definition) is 3. The van der Waals surface area contributed by atoms with Gasteiger partial charge in [-0.05, 0) is 19.1 Å². The average Bonchev–Trinajstić information content (AvgIpc) is 2.96. The van der Waals surface area contributed by atoms with E-state index in [2.05, 4.69) is 0 Å². The van der Waals surface area contributed by atoms with Crippen LogP contribution in [-0.2, 0) is 16.6 Å². The first-order chi connectivity index (χ1) is 8.93. The van der Waals surface area contributed by atoms with Crippen molar-refractivity contribution in [1.29, 1.82) is 0 Å². The lowest BCUT2D eigenvalue weighted by Crippen LogP contribution is -2.44. The fourth-order valence-corrected chi connectivity index (χ4v) is 2.32. The van der Waals surface area contributed by atoms with Gasteiger partial charge in [0.1, 0.15) is 11.6 Å². The summed E-state index contributed by atoms with van der Waals surface area (Å²) in [6.45, 7) is 2.34. The number of aliphatic carboxylic acids is 1. The van der Waals surface area contributed by atoms with Crippen LogP contribution in [0.3, 0.4) is 0 Å². The van der Waals surface area contributed by atoms with Gasteiger partial charge in [0.15, 0.2) is 0 Å². The molecule has 0 spiro atoms. The minimum Gasteiger partial charge on any atom is -0.481 e. The van der Waals surface area contributed by atoms with E-state index in [1.54, 1.807) is 17.7 Å². The van der Waals surface area contributed by atoms with Gasteiger partial charge in [0.25, 0.3) is 5.91 Å². The summed E-state index contributed by atoms with van der Waals surface area (Å²) in [4.78, 5) is 25.0. The van der Waals surface area contributed by atoms with Crippen LogP contribution in [0, 0.1) is 12.8 Å². The van der Waals surface area contributed by atoms with Crippen LogP contribution >= 0.6 is 0 Å². The summed E-state index contributed by atoms with van der Waals surface area (Å²) < 4.78 is 6.99. The molecule has 1 fully saturated rings. The first-order valence-electron chi connectivity index (χ1n) is 6.13. The van der Waals surface area contributed by atoms with Crippen molar-refractivity contribution in [1.82, 2.24) is 9.47 Å². The van der Waals surface area contributed by atoms with E-state index in [-0.39, 0.29) is 19.1 Å². The van der Waals surface area contributed by atoms with Crippen molar-refractivity contribution in [3.05, 3.63) is 23.5 Å². The minimum absolute atomic E-state index is 0.157. The Hall–Kier alpha value is -1.82. The largest absolute Gasteiger partial charge is 0.481 e. The number of likely N-dealkylation sites (N-methyl/N-ethyl adjacent to an activating group) is 1. The lowest BCUT2D eigenvalue weighted by Gasteiger charge is -2.26. The first kappa shape index (κ1) is 13.6. The van der Waals surface area contributed by atoms with E-state index >= 15 is 0 Å². The Balaban J connectivity index is 2.19. The zero-order valence-electron chi connectivity index (χ0n) is 11.3. The standard InChI is InChI=1S/C13H18N2O4/c1-8-4-5-10(14(8)2)12(16)15(3)11-7-19-6-9(11)13(17)18/h4-5,9,11H,6-7H2,1-3H3,(H,17,18). The topological polar surface area (TPSA) is 71.8 Å². The summed E-state index contributed by atoms with van der Waals surface area (Å²) in [5.74, 6) is -1.77. The van der Waals surface area contributed by atoms with Gasteiger partial charge in [-0.1, -0.05) is 0 Å². The van der Waals surface area contributed by atoms with Crippen molar-refractivity contribution < 1.29 is 19.4 Å². The number of carbonyl (C=O) groups excluding carboxylic acids is 1. The predicted molar refractivity (Wildman–Crippen MR) is 68.0 cm³/mol. The SMILES string of the molecule is Cc1ccc(C(=O)N(C)C2COCC2C(=O)O)n1C. The molecule has 2 heterocycles. The van der Waals surface area contributed by atoms with Crippen molar-refractivity contribution in [2.45, 2.75) is 13.0 Å². The molecular formula is C13H18N2O4. The van der Waals surface area contributed by atoms with Gasteiger partial charge in [-0.25, -0.2) is 0 Å². The van der Waals surface area contributed by atoms with Crippen molar-refractivity contribution in [3.8, 4) is 0 Å². The number of carbonyl (C=O) groups is 2. The molecular weight excluding hydrogens is 248 g/mol. The highest BCUT2D eigenvalue weighted by Gasteiger charge is 2.39. The van der Waals surface area contributed by atoms with Gasteiger partial charge in [-0.3, -0.25) is 9.59 Å². The molecule has 1 aliphatic heterocycles. The Labute approximate surface area is 111 Å². The molecule has 2 unspecified atom stereocenters. The molecule has 104 valence electrons. The van der Waals surface area contributed by atoms with Gasteiger partial charge in [0, 0.05) is 19.8 Å². The van der Waals surface area contributed by atoms with Crippen molar-refractivity contribution >= 4 is 11.9 Å². The molecule has 0 radical (unpaired) electrons. The number of aryl methyl sites for hydroxylation is 1. The van der Waals surface area contributed by atoms with Crippen LogP contribution in [0.25, 0.3) is 0 Å². The number of rotatable bonds is 3. The highest BCUT2D eigenvalue weighted by molar-refractivity contribution is 5.93. The highest BCUT2D eigenvalue weighted by atomic mass is 16.5. The molecule has 2 atom stereocenters. The predicted octanol–water partition coefficient (Wildman–Crippen LogP) is 0.505. The Kier molecular flexibility index (Phi) is 3.61. The summed E-state index contributed by atoms with van der Waals surface area (Å²) in [6.07, 6.45) is 0. The normalized spacial score (nSPS) is 22.5. The number of ether oxygens (including phenoxy) is 1. The van der Waals surface area contributed by atoms with Crippen LogP contribution in [0.2, 0.25) is 0 Å². The van der Waals surface area contributed by atoms with Crippen LogP contribution in [0.1, 0.15) is 16.2 Å². The Morgan fingerprint density at radius 3 is 2.63 bits per heavy atom. The third kappa shape index (κ3) is 2.35. The molecule has 1 aromatic rings. The van der Waals surface area contributed by atoms with Gasteiger partial charge in [-0.15, -0.1) is 0 Å². The van der Waals surface area contributed by atoms with E-state index in [4.69, 9.17) is 9.84 Å². The van der Waals surface area contributed by atoms with Crippen LogP contribution in [0.15, 0.2) is 12.1 Å². The monoisotopic (exact) mass is 266 g/mol. The maximum absolute atomic E-state index is 12.4. The maximum atomic E-state index is 12.4. The van der Waals surface area contributed by atoms with E-state index in [1.165, 1.54) is 4.90 Å². The van der Waals surface area contributed by atoms with Gasteiger partial charge in [-0.2, -0.15) is 0 Å². The lowest BCUT2D eigenvalue weighted by atomic mass is 10.0. The van der Waals surface area contributed by atoms with Gasteiger partial charge < -0.3 is 19.3 Å². The molecule has 0 bridgehead atoms. The molecule has 0 aromatic carbocycles. The van der Waals surface area contributed by atoms with E-state index in [1.807, 2.05) is 20.0 Å². The van der Waals surface area contributed by atoms with E-state index in [0.717, 1.165) is 5.69 Å². The molecule has 6 nitrogen and oxygen atoms in total. The summed E-state index contributed by atoms with van der Waals surface area (Å²) in [5.41, 5.74) is 1.53. The quantitative estimate of drug-likeness (QED) is 0.865. The van der Waals surface area contributed by atoms with Gasteiger partial charge in [0.2, 0.25) is 0 Å². The second-order valence-electron chi connectivity index (χ2n) is 4.88. The van der Waals surface area contributed by atoms with Crippen LogP contribution in [-0.4, -0.2) is 52.8 Å². The molecule has 0 aliphatic carbocycles. The molecule has 1 aliphatic rings. The molecule has 19 heavy (non-hydrogen) atoms. The number of nitrogens with zero attached hydrogens (tertiary/aromatic N) is 2. The maximum Gasteiger partial charge on any atom is 0.311 e. The average molecular weight is 266 g/mol. The fraction of sp³-hybridized carbons (Fsp3) is 0.538. The third-order valence-electron chi connectivity index (χ3n) is 3.78. The van der Waals surface area contributed by atoms with Crippen molar-refractivity contribution in [2.75, 3.05) is 20.3 Å². The minimum atomic E-state index is -0.926. The molecule has 6 heteroatoms. The zero-order chi connectivity index (χ0) is 14.2. The zero-order valence-corrected chi connectivity index (χ0v) is 11.3. The Morgan fingerprint density at radius 1 is 1.42 bits per heavy atom. The third-order valence-corrected chi connectivity index (χ3v) is 3.78. The molecule has 1 N–H and O–H groups in total. The number of amides is 1. The van der Waals surface area contributed by atoms with E-state index in [9.17, 15) is 9.59 Å². The summed E-state index contributed by atoms with van der Waals surface area (Å²) in [5, 5.41) is 9.12. The second-order valence-corrected chi connectivity index (χ2v) is 4.88. The number of carboxylic acid groups (broad SMARTS) is 1. The molecule has 0 saturated carbocycles. The summed E-state index contributed by atoms with van der Waals surface area (Å²) in [6, 6.07) is 3.20. The fourth-order valence-electron chi connectivity index (χ4n) is 2.32. The molecule has 1 amide bonds. The number of carboxylic acids is 1. The van der Waals surface area contributed by atoms with E-state index in [0.29, 0.717) is 5.69 Å². The summed E-state index contributed by atoms with van der Waals surface area (Å²) >= 11 is 0. The van der Waals surface area contributed by atoms with Crippen molar-refractivity contribution in [3.63, 3.8) is 0 Å². The smallest absolute Gasteiger partial charge is 0.311 e. The Morgan fingerprint density at radius 2 is 2.11 bits per heavy atom. The van der Waals surface area contributed by atoms with Crippen LogP contribution in [0.4, 0.5) is 0 Å².